The number of hydrogen-bond acceptors (Lipinski definition) is 4. The fourth-order valence-electron chi connectivity index (χ4n) is 3.39. The summed E-state index contributed by atoms with van der Waals surface area (Å²) in [6, 6.07) is 11.7. The average molecular weight is 448 g/mol. The SMILES string of the molecule is CC(C)=CC(=O)Nc1ccc(N2CCCCC2)c(S(=O)(=O)Nc2ccccc2Cl)c1. The van der Waals surface area contributed by atoms with Crippen LogP contribution in [0.3, 0.4) is 0 Å². The number of allylic oxidation sites excluding steroid dienone is 1. The molecule has 8 heteroatoms. The number of amides is 1. The van der Waals surface area contributed by atoms with Gasteiger partial charge in [-0.2, -0.15) is 0 Å². The van der Waals surface area contributed by atoms with Crippen molar-refractivity contribution in [3.8, 4) is 0 Å². The summed E-state index contributed by atoms with van der Waals surface area (Å²) in [7, 11) is -3.94. The van der Waals surface area contributed by atoms with Crippen molar-refractivity contribution in [2.24, 2.45) is 0 Å². The highest BCUT2D eigenvalue weighted by Gasteiger charge is 2.25. The Hall–Kier alpha value is -2.51. The van der Waals surface area contributed by atoms with Crippen LogP contribution >= 0.6 is 11.6 Å². The van der Waals surface area contributed by atoms with E-state index in [0.29, 0.717) is 22.1 Å². The molecule has 6 nitrogen and oxygen atoms in total. The lowest BCUT2D eigenvalue weighted by Gasteiger charge is -2.30. The highest BCUT2D eigenvalue weighted by molar-refractivity contribution is 7.93. The molecule has 1 saturated heterocycles. The van der Waals surface area contributed by atoms with Crippen molar-refractivity contribution in [2.75, 3.05) is 28.0 Å². The van der Waals surface area contributed by atoms with Crippen LogP contribution in [-0.2, 0) is 14.8 Å². The molecule has 0 radical (unpaired) electrons. The molecular formula is C22H26ClN3O3S. The minimum absolute atomic E-state index is 0.110. The number of rotatable bonds is 6. The zero-order valence-corrected chi connectivity index (χ0v) is 18.7. The Kier molecular flexibility index (Phi) is 7.05. The Labute approximate surface area is 183 Å². The van der Waals surface area contributed by atoms with Crippen LogP contribution in [0.4, 0.5) is 17.1 Å². The van der Waals surface area contributed by atoms with Crippen molar-refractivity contribution in [2.45, 2.75) is 38.0 Å². The molecule has 0 atom stereocenters. The molecule has 1 amide bonds. The Balaban J connectivity index is 2.01. The molecular weight excluding hydrogens is 422 g/mol. The minimum atomic E-state index is -3.94. The first-order chi connectivity index (χ1) is 14.3. The Morgan fingerprint density at radius 2 is 1.77 bits per heavy atom. The van der Waals surface area contributed by atoms with Crippen molar-refractivity contribution in [3.63, 3.8) is 0 Å². The third kappa shape index (κ3) is 5.55. The lowest BCUT2D eigenvalue weighted by molar-refractivity contribution is -0.111. The summed E-state index contributed by atoms with van der Waals surface area (Å²) >= 11 is 6.15. The van der Waals surface area contributed by atoms with Gasteiger partial charge in [0.25, 0.3) is 10.0 Å². The van der Waals surface area contributed by atoms with E-state index in [9.17, 15) is 13.2 Å². The van der Waals surface area contributed by atoms with E-state index in [1.807, 2.05) is 13.8 Å². The molecule has 2 aromatic carbocycles. The first-order valence-electron chi connectivity index (χ1n) is 9.88. The maximum absolute atomic E-state index is 13.3. The average Bonchev–Trinajstić information content (AvgIpc) is 2.69. The van der Waals surface area contributed by atoms with Crippen molar-refractivity contribution in [1.29, 1.82) is 0 Å². The van der Waals surface area contributed by atoms with Gasteiger partial charge < -0.3 is 10.2 Å². The summed E-state index contributed by atoms with van der Waals surface area (Å²) in [6.07, 6.45) is 4.62. The molecule has 1 fully saturated rings. The minimum Gasteiger partial charge on any atom is -0.370 e. The van der Waals surface area contributed by atoms with E-state index >= 15 is 0 Å². The van der Waals surface area contributed by atoms with E-state index in [2.05, 4.69) is 14.9 Å². The number of benzene rings is 2. The summed E-state index contributed by atoms with van der Waals surface area (Å²) < 4.78 is 29.2. The van der Waals surface area contributed by atoms with E-state index in [0.717, 1.165) is 37.9 Å². The van der Waals surface area contributed by atoms with Crippen molar-refractivity contribution in [1.82, 2.24) is 0 Å². The van der Waals surface area contributed by atoms with Gasteiger partial charge in [0, 0.05) is 24.9 Å². The number of piperidine rings is 1. The van der Waals surface area contributed by atoms with Crippen LogP contribution in [0.1, 0.15) is 33.1 Å². The van der Waals surface area contributed by atoms with Gasteiger partial charge in [0.05, 0.1) is 16.4 Å². The quantitative estimate of drug-likeness (QED) is 0.608. The molecule has 0 bridgehead atoms. The number of anilines is 3. The van der Waals surface area contributed by atoms with Gasteiger partial charge in [0.1, 0.15) is 4.90 Å². The molecule has 160 valence electrons. The van der Waals surface area contributed by atoms with Gasteiger partial charge >= 0.3 is 0 Å². The molecule has 2 N–H and O–H groups in total. The maximum atomic E-state index is 13.3. The van der Waals surface area contributed by atoms with Gasteiger partial charge in [-0.3, -0.25) is 9.52 Å². The van der Waals surface area contributed by atoms with Gasteiger partial charge in [-0.25, -0.2) is 8.42 Å². The lowest BCUT2D eigenvalue weighted by atomic mass is 10.1. The zero-order valence-electron chi connectivity index (χ0n) is 17.1. The number of nitrogens with one attached hydrogen (secondary N) is 2. The fourth-order valence-corrected chi connectivity index (χ4v) is 4.96. The van der Waals surface area contributed by atoms with E-state index in [4.69, 9.17) is 11.6 Å². The van der Waals surface area contributed by atoms with Crippen LogP contribution in [0.2, 0.25) is 5.02 Å². The second-order valence-electron chi connectivity index (χ2n) is 7.53. The number of hydrogen-bond donors (Lipinski definition) is 2. The summed E-state index contributed by atoms with van der Waals surface area (Å²) in [5, 5.41) is 3.05. The van der Waals surface area contributed by atoms with Crippen LogP contribution in [0.15, 0.2) is 59.0 Å². The molecule has 1 heterocycles. The predicted octanol–water partition coefficient (Wildman–Crippen LogP) is 5.04. The topological polar surface area (TPSA) is 78.5 Å². The predicted molar refractivity (Wildman–Crippen MR) is 123 cm³/mol. The molecule has 0 saturated carbocycles. The highest BCUT2D eigenvalue weighted by atomic mass is 35.5. The Morgan fingerprint density at radius 1 is 1.07 bits per heavy atom. The first kappa shape index (κ1) is 22.2. The standard InChI is InChI=1S/C22H26ClN3O3S/c1-16(2)14-22(27)24-17-10-11-20(26-12-6-3-7-13-26)21(15-17)30(28,29)25-19-9-5-4-8-18(19)23/h4-5,8-11,14-15,25H,3,6-7,12-13H2,1-2H3,(H,24,27). The summed E-state index contributed by atoms with van der Waals surface area (Å²) in [5.74, 6) is -0.303. The maximum Gasteiger partial charge on any atom is 0.264 e. The number of para-hydroxylation sites is 1. The van der Waals surface area contributed by atoms with Crippen molar-refractivity contribution in [3.05, 3.63) is 59.1 Å². The molecule has 2 aromatic rings. The molecule has 0 unspecified atom stereocenters. The summed E-state index contributed by atoms with van der Waals surface area (Å²) in [6.45, 7) is 5.22. The Bertz CT molecular complexity index is 1060. The van der Waals surface area contributed by atoms with E-state index in [-0.39, 0.29) is 10.8 Å². The van der Waals surface area contributed by atoms with E-state index in [1.165, 1.54) is 12.1 Å². The van der Waals surface area contributed by atoms with Gasteiger partial charge in [-0.15, -0.1) is 0 Å². The van der Waals surface area contributed by atoms with E-state index < -0.39 is 10.0 Å². The highest BCUT2D eigenvalue weighted by Crippen LogP contribution is 2.33. The molecule has 1 aliphatic rings. The smallest absolute Gasteiger partial charge is 0.264 e. The number of carbonyl (C=O) groups is 1. The van der Waals surface area contributed by atoms with Crippen LogP contribution in [0, 0.1) is 0 Å². The summed E-state index contributed by atoms with van der Waals surface area (Å²) in [4.78, 5) is 14.3. The first-order valence-corrected chi connectivity index (χ1v) is 11.7. The molecule has 30 heavy (non-hydrogen) atoms. The lowest BCUT2D eigenvalue weighted by Crippen LogP contribution is -2.31. The summed E-state index contributed by atoms with van der Waals surface area (Å²) in [5.41, 5.74) is 2.20. The van der Waals surface area contributed by atoms with Crippen molar-refractivity contribution < 1.29 is 13.2 Å². The van der Waals surface area contributed by atoms with Crippen LogP contribution in [0.25, 0.3) is 0 Å². The van der Waals surface area contributed by atoms with Crippen LogP contribution in [-0.4, -0.2) is 27.4 Å². The van der Waals surface area contributed by atoms with Gasteiger partial charge in [-0.1, -0.05) is 29.3 Å². The van der Waals surface area contributed by atoms with Crippen LogP contribution < -0.4 is 14.9 Å². The van der Waals surface area contributed by atoms with Crippen LogP contribution in [0.5, 0.6) is 0 Å². The van der Waals surface area contributed by atoms with Gasteiger partial charge in [-0.05, 0) is 63.4 Å². The zero-order chi connectivity index (χ0) is 21.7. The van der Waals surface area contributed by atoms with Gasteiger partial charge in [0.2, 0.25) is 5.91 Å². The number of carbonyl (C=O) groups excluding carboxylic acids is 1. The number of nitrogens with zero attached hydrogens (tertiary/aromatic N) is 1. The number of sulfonamides is 1. The molecule has 3 rings (SSSR count). The Morgan fingerprint density at radius 3 is 2.43 bits per heavy atom. The van der Waals surface area contributed by atoms with Gasteiger partial charge in [0.15, 0.2) is 0 Å². The molecule has 0 spiro atoms. The fraction of sp³-hybridized carbons (Fsp3) is 0.318. The third-order valence-electron chi connectivity index (χ3n) is 4.75. The second-order valence-corrected chi connectivity index (χ2v) is 9.58. The largest absolute Gasteiger partial charge is 0.370 e. The second kappa shape index (κ2) is 9.53. The molecule has 0 aromatic heterocycles. The number of halogens is 1. The monoisotopic (exact) mass is 447 g/mol. The third-order valence-corrected chi connectivity index (χ3v) is 6.48. The molecule has 1 aliphatic heterocycles. The van der Waals surface area contributed by atoms with E-state index in [1.54, 1.807) is 36.4 Å². The molecule has 0 aliphatic carbocycles. The van der Waals surface area contributed by atoms with Crippen molar-refractivity contribution >= 4 is 44.6 Å². The normalized spacial score (nSPS) is 14.2.